The smallest absolute Gasteiger partial charge is 0.245 e. The molecule has 1 aromatic heterocycles. The Balaban J connectivity index is 2.11. The molecule has 0 spiro atoms. The molecule has 6 nitrogen and oxygen atoms in total. The van der Waals surface area contributed by atoms with Crippen molar-refractivity contribution < 1.29 is 14.6 Å². The van der Waals surface area contributed by atoms with E-state index < -0.39 is 6.10 Å². The number of aliphatic hydroxyl groups is 1. The predicted octanol–water partition coefficient (Wildman–Crippen LogP) is 0.292. The quantitative estimate of drug-likeness (QED) is 0.700. The van der Waals surface area contributed by atoms with Gasteiger partial charge in [0.15, 0.2) is 0 Å². The predicted molar refractivity (Wildman–Crippen MR) is 65.4 cm³/mol. The first-order valence-corrected chi connectivity index (χ1v) is 6.11. The number of methoxy groups -OCH3 is 1. The second-order valence-electron chi connectivity index (χ2n) is 4.31. The molecule has 0 aliphatic rings. The van der Waals surface area contributed by atoms with Gasteiger partial charge in [0.1, 0.15) is 18.9 Å². The van der Waals surface area contributed by atoms with Crippen LogP contribution in [-0.4, -0.2) is 52.4 Å². The Hall–Kier alpha value is -0.760. The van der Waals surface area contributed by atoms with Crippen molar-refractivity contribution in [3.05, 3.63) is 6.20 Å². The molecule has 0 aliphatic carbocycles. The lowest BCUT2D eigenvalue weighted by Gasteiger charge is -2.24. The summed E-state index contributed by atoms with van der Waals surface area (Å²) in [4.78, 5) is 0. The van der Waals surface area contributed by atoms with Gasteiger partial charge in [0.05, 0.1) is 17.3 Å². The third-order valence-corrected chi connectivity index (χ3v) is 2.71. The van der Waals surface area contributed by atoms with Crippen molar-refractivity contribution in [1.29, 1.82) is 0 Å². The first-order valence-electron chi connectivity index (χ1n) is 5.38. The monoisotopic (exact) mass is 261 g/mol. The third kappa shape index (κ3) is 5.92. The lowest BCUT2D eigenvalue weighted by atomic mass is 10.1. The van der Waals surface area contributed by atoms with Gasteiger partial charge >= 0.3 is 0 Å². The molecule has 17 heavy (non-hydrogen) atoms. The van der Waals surface area contributed by atoms with Crippen LogP contribution in [0.5, 0.6) is 5.88 Å². The van der Waals surface area contributed by atoms with E-state index in [1.165, 1.54) is 6.20 Å². The fraction of sp³-hybridized carbons (Fsp3) is 0.800. The molecule has 1 aromatic rings. The third-order valence-electron chi connectivity index (χ3n) is 2.25. The second-order valence-corrected chi connectivity index (χ2v) is 4.86. The fourth-order valence-corrected chi connectivity index (χ4v) is 1.44. The van der Waals surface area contributed by atoms with Crippen LogP contribution in [0, 0.1) is 0 Å². The van der Waals surface area contributed by atoms with Gasteiger partial charge in [-0.3, -0.25) is 0 Å². The summed E-state index contributed by atoms with van der Waals surface area (Å²) in [6.07, 6.45) is 0.947. The highest BCUT2D eigenvalue weighted by atomic mass is 32.1. The summed E-state index contributed by atoms with van der Waals surface area (Å²) in [7, 11) is 1.66. The van der Waals surface area contributed by atoms with Gasteiger partial charge in [-0.15, -0.1) is 4.37 Å². The van der Waals surface area contributed by atoms with E-state index in [0.717, 1.165) is 11.7 Å². The van der Waals surface area contributed by atoms with E-state index in [-0.39, 0.29) is 12.2 Å². The standard InChI is InChI=1S/C10H19N3O3S/c1-10(2,15-3)7-11-4-8(14)6-16-9-5-12-17-13-9/h5,8,11,14H,4,6-7H2,1-3H3. The van der Waals surface area contributed by atoms with Crippen LogP contribution in [0.3, 0.4) is 0 Å². The summed E-state index contributed by atoms with van der Waals surface area (Å²) < 4.78 is 18.2. The highest BCUT2D eigenvalue weighted by Crippen LogP contribution is 2.06. The van der Waals surface area contributed by atoms with Crippen LogP contribution >= 0.6 is 11.7 Å². The van der Waals surface area contributed by atoms with Gasteiger partial charge in [0.25, 0.3) is 0 Å². The molecule has 2 N–H and O–H groups in total. The molecule has 1 heterocycles. The molecule has 0 bridgehead atoms. The van der Waals surface area contributed by atoms with Crippen LogP contribution in [0.2, 0.25) is 0 Å². The Bertz CT molecular complexity index is 306. The van der Waals surface area contributed by atoms with Crippen molar-refractivity contribution in [2.24, 2.45) is 0 Å². The highest BCUT2D eigenvalue weighted by Gasteiger charge is 2.16. The first kappa shape index (κ1) is 14.3. The van der Waals surface area contributed by atoms with E-state index >= 15 is 0 Å². The number of aromatic nitrogens is 2. The Morgan fingerprint density at radius 3 is 2.94 bits per heavy atom. The number of aliphatic hydroxyl groups excluding tert-OH is 1. The summed E-state index contributed by atoms with van der Waals surface area (Å²) in [6.45, 7) is 5.27. The number of ether oxygens (including phenoxy) is 2. The van der Waals surface area contributed by atoms with Crippen molar-refractivity contribution in [2.75, 3.05) is 26.8 Å². The van der Waals surface area contributed by atoms with Crippen LogP contribution in [0.25, 0.3) is 0 Å². The maximum atomic E-state index is 9.64. The summed E-state index contributed by atoms with van der Waals surface area (Å²) in [5.41, 5.74) is -0.237. The average Bonchev–Trinajstić information content (AvgIpc) is 2.79. The molecular formula is C10H19N3O3S. The topological polar surface area (TPSA) is 76.5 Å². The molecule has 0 aliphatic heterocycles. The largest absolute Gasteiger partial charge is 0.473 e. The maximum Gasteiger partial charge on any atom is 0.245 e. The number of rotatable bonds is 8. The van der Waals surface area contributed by atoms with Crippen LogP contribution in [0.15, 0.2) is 6.20 Å². The first-order chi connectivity index (χ1) is 8.03. The molecule has 0 amide bonds. The minimum Gasteiger partial charge on any atom is -0.473 e. The molecule has 1 unspecified atom stereocenters. The van der Waals surface area contributed by atoms with Crippen LogP contribution < -0.4 is 10.1 Å². The van der Waals surface area contributed by atoms with Gasteiger partial charge in [0.2, 0.25) is 5.88 Å². The normalized spacial score (nSPS) is 13.6. The number of nitrogens with one attached hydrogen (secondary N) is 1. The minimum absolute atomic E-state index is 0.200. The van der Waals surface area contributed by atoms with E-state index in [4.69, 9.17) is 9.47 Å². The van der Waals surface area contributed by atoms with E-state index in [2.05, 4.69) is 14.1 Å². The molecule has 0 saturated carbocycles. The highest BCUT2D eigenvalue weighted by molar-refractivity contribution is 6.99. The molecule has 1 rings (SSSR count). The number of hydrogen-bond acceptors (Lipinski definition) is 7. The zero-order valence-corrected chi connectivity index (χ0v) is 11.2. The van der Waals surface area contributed by atoms with Gasteiger partial charge in [-0.2, -0.15) is 4.37 Å². The zero-order valence-electron chi connectivity index (χ0n) is 10.3. The minimum atomic E-state index is -0.579. The van der Waals surface area contributed by atoms with Gasteiger partial charge in [-0.25, -0.2) is 0 Å². The lowest BCUT2D eigenvalue weighted by Crippen LogP contribution is -2.41. The van der Waals surface area contributed by atoms with E-state index in [1.807, 2.05) is 13.8 Å². The second kappa shape index (κ2) is 6.85. The molecule has 0 saturated heterocycles. The molecule has 0 radical (unpaired) electrons. The SMILES string of the molecule is COC(C)(C)CNCC(O)COc1cnsn1. The number of nitrogens with zero attached hydrogens (tertiary/aromatic N) is 2. The summed E-state index contributed by atoms with van der Waals surface area (Å²) in [5.74, 6) is 0.450. The molecule has 7 heteroatoms. The Morgan fingerprint density at radius 2 is 2.35 bits per heavy atom. The molecule has 98 valence electrons. The Morgan fingerprint density at radius 1 is 1.59 bits per heavy atom. The molecule has 1 atom stereocenters. The zero-order chi connectivity index (χ0) is 12.7. The van der Waals surface area contributed by atoms with E-state index in [0.29, 0.717) is 19.0 Å². The summed E-state index contributed by atoms with van der Waals surface area (Å²) in [5, 5.41) is 12.8. The Labute approximate surface area is 105 Å². The fourth-order valence-electron chi connectivity index (χ4n) is 1.07. The lowest BCUT2D eigenvalue weighted by molar-refractivity contribution is 0.0190. The molecule has 0 fully saturated rings. The van der Waals surface area contributed by atoms with Crippen LogP contribution in [0.4, 0.5) is 0 Å². The van der Waals surface area contributed by atoms with Crippen LogP contribution in [-0.2, 0) is 4.74 Å². The van der Waals surface area contributed by atoms with Gasteiger partial charge in [0, 0.05) is 20.2 Å². The van der Waals surface area contributed by atoms with Gasteiger partial charge in [-0.1, -0.05) is 0 Å². The van der Waals surface area contributed by atoms with Crippen molar-refractivity contribution >= 4 is 11.7 Å². The van der Waals surface area contributed by atoms with Crippen molar-refractivity contribution in [3.8, 4) is 5.88 Å². The molecular weight excluding hydrogens is 242 g/mol. The summed E-state index contributed by atoms with van der Waals surface area (Å²) >= 11 is 1.08. The average molecular weight is 261 g/mol. The maximum absolute atomic E-state index is 9.64. The Kier molecular flexibility index (Phi) is 5.76. The van der Waals surface area contributed by atoms with E-state index in [1.54, 1.807) is 7.11 Å². The van der Waals surface area contributed by atoms with Crippen molar-refractivity contribution in [2.45, 2.75) is 25.6 Å². The van der Waals surface area contributed by atoms with Gasteiger partial charge < -0.3 is 19.9 Å². The molecule has 0 aromatic carbocycles. The van der Waals surface area contributed by atoms with Crippen molar-refractivity contribution in [1.82, 2.24) is 14.1 Å². The van der Waals surface area contributed by atoms with Gasteiger partial charge in [-0.05, 0) is 13.8 Å². The summed E-state index contributed by atoms with van der Waals surface area (Å²) in [6, 6.07) is 0. The van der Waals surface area contributed by atoms with Crippen molar-refractivity contribution in [3.63, 3.8) is 0 Å². The van der Waals surface area contributed by atoms with Crippen LogP contribution in [0.1, 0.15) is 13.8 Å². The number of hydrogen-bond donors (Lipinski definition) is 2. The van der Waals surface area contributed by atoms with E-state index in [9.17, 15) is 5.11 Å².